The number of carbonyl (C=O) groups excluding carboxylic acids is 1. The summed E-state index contributed by atoms with van der Waals surface area (Å²) < 4.78 is 24.0. The summed E-state index contributed by atoms with van der Waals surface area (Å²) in [5.74, 6) is -0.885. The first-order valence-corrected chi connectivity index (χ1v) is 12.3. The van der Waals surface area contributed by atoms with E-state index >= 15 is 0 Å². The van der Waals surface area contributed by atoms with Crippen LogP contribution in [-0.2, 0) is 13.8 Å². The summed E-state index contributed by atoms with van der Waals surface area (Å²) in [5, 5.41) is 2.90. The highest BCUT2D eigenvalue weighted by molar-refractivity contribution is 7.40. The summed E-state index contributed by atoms with van der Waals surface area (Å²) in [6, 6.07) is 24.6. The first-order valence-electron chi connectivity index (χ1n) is 11.1. The molecule has 0 aliphatic heterocycles. The Morgan fingerprint density at radius 3 is 1.85 bits per heavy atom. The molecule has 174 valence electrons. The van der Waals surface area contributed by atoms with E-state index in [4.69, 9.17) is 14.3 Å². The van der Waals surface area contributed by atoms with Gasteiger partial charge in [-0.05, 0) is 42.0 Å². The standard InChI is InChI=1S/C27H27N2O4P/c1-27(2,3)33-26(30)29-23(18-12-6-5-7-13-18)25(34(31)32-4)28-24-21-16-10-8-14-19(21)20-15-9-11-17-22(20)24/h5-17,23,25H,1-4H3/p+1/t23-,25-/m0/s1. The fraction of sp³-hybridized carbons (Fsp3) is 0.259. The van der Waals surface area contributed by atoms with E-state index < -0.39 is 31.5 Å². The van der Waals surface area contributed by atoms with Crippen LogP contribution in [0.3, 0.4) is 0 Å². The Bertz CT molecular complexity index is 1190. The normalized spacial score (nSPS) is 14.5. The molecule has 1 aliphatic rings. The molecule has 3 aromatic carbocycles. The number of benzene rings is 3. The van der Waals surface area contributed by atoms with E-state index in [1.807, 2.05) is 66.7 Å². The van der Waals surface area contributed by atoms with Crippen molar-refractivity contribution in [1.82, 2.24) is 5.32 Å². The number of hydrogen-bond acceptors (Lipinski definition) is 5. The number of ether oxygens (including phenoxy) is 1. The van der Waals surface area contributed by atoms with Gasteiger partial charge in [0.15, 0.2) is 0 Å². The second-order valence-electron chi connectivity index (χ2n) is 8.98. The SMILES string of the molecule is CO[P+](=O)[C@H](N=C1c2ccccc2-c2ccccc21)[C@@H](NC(=O)OC(C)(C)C)c1ccccc1. The maximum absolute atomic E-state index is 13.2. The molecule has 7 heteroatoms. The van der Waals surface area contributed by atoms with Crippen LogP contribution in [0.4, 0.5) is 4.79 Å². The molecule has 4 rings (SSSR count). The van der Waals surface area contributed by atoms with Gasteiger partial charge in [-0.3, -0.25) is 0 Å². The second-order valence-corrected chi connectivity index (χ2v) is 10.4. The second kappa shape index (κ2) is 9.88. The van der Waals surface area contributed by atoms with Gasteiger partial charge in [0.2, 0.25) is 0 Å². The lowest BCUT2D eigenvalue weighted by atomic mass is 10.1. The first-order chi connectivity index (χ1) is 16.3. The monoisotopic (exact) mass is 475 g/mol. The van der Waals surface area contributed by atoms with Crippen molar-refractivity contribution >= 4 is 19.8 Å². The number of hydrogen-bond donors (Lipinski definition) is 1. The number of rotatable bonds is 6. The zero-order valence-electron chi connectivity index (χ0n) is 19.7. The quantitative estimate of drug-likeness (QED) is 0.324. The van der Waals surface area contributed by atoms with Gasteiger partial charge in [0.1, 0.15) is 11.6 Å². The molecule has 0 fully saturated rings. The summed E-state index contributed by atoms with van der Waals surface area (Å²) in [6.07, 6.45) is -0.613. The van der Waals surface area contributed by atoms with Crippen molar-refractivity contribution in [2.24, 2.45) is 4.99 Å². The first kappa shape index (κ1) is 23.8. The van der Waals surface area contributed by atoms with Crippen LogP contribution in [0.15, 0.2) is 83.9 Å². The number of alkyl carbamates (subject to hydrolysis) is 1. The van der Waals surface area contributed by atoms with Crippen LogP contribution in [0.5, 0.6) is 0 Å². The van der Waals surface area contributed by atoms with E-state index in [-0.39, 0.29) is 0 Å². The highest BCUT2D eigenvalue weighted by Gasteiger charge is 2.43. The molecule has 3 atom stereocenters. The minimum absolute atomic E-state index is 0.613. The Balaban J connectivity index is 1.83. The Morgan fingerprint density at radius 2 is 1.35 bits per heavy atom. The number of nitrogens with zero attached hydrogens (tertiary/aromatic N) is 1. The van der Waals surface area contributed by atoms with Crippen molar-refractivity contribution in [3.8, 4) is 11.1 Å². The molecule has 1 aliphatic carbocycles. The Labute approximate surface area is 200 Å². The molecule has 0 saturated heterocycles. The third-order valence-electron chi connectivity index (χ3n) is 5.44. The molecule has 0 aromatic heterocycles. The van der Waals surface area contributed by atoms with Gasteiger partial charge in [-0.2, -0.15) is 0 Å². The summed E-state index contributed by atoms with van der Waals surface area (Å²) in [5.41, 5.74) is 4.85. The average Bonchev–Trinajstić information content (AvgIpc) is 3.14. The average molecular weight is 476 g/mol. The molecule has 0 radical (unpaired) electrons. The summed E-state index contributed by atoms with van der Waals surface area (Å²) in [6.45, 7) is 5.39. The minimum atomic E-state index is -2.27. The highest BCUT2D eigenvalue weighted by atomic mass is 31.1. The molecule has 0 saturated carbocycles. The number of nitrogens with one attached hydrogen (secondary N) is 1. The smallest absolute Gasteiger partial charge is 0.444 e. The fourth-order valence-corrected chi connectivity index (χ4v) is 4.96. The van der Waals surface area contributed by atoms with Crippen LogP contribution in [0.1, 0.15) is 43.5 Å². The van der Waals surface area contributed by atoms with Crippen LogP contribution < -0.4 is 5.32 Å². The van der Waals surface area contributed by atoms with Gasteiger partial charge < -0.3 is 10.1 Å². The van der Waals surface area contributed by atoms with Gasteiger partial charge in [-0.25, -0.2) is 9.79 Å². The van der Waals surface area contributed by atoms with E-state index in [2.05, 4.69) is 17.4 Å². The van der Waals surface area contributed by atoms with Crippen LogP contribution >= 0.6 is 8.03 Å². The van der Waals surface area contributed by atoms with E-state index in [1.165, 1.54) is 7.11 Å². The van der Waals surface area contributed by atoms with Gasteiger partial charge in [-0.15, -0.1) is 4.52 Å². The third-order valence-corrected chi connectivity index (χ3v) is 6.65. The molecule has 0 bridgehead atoms. The lowest BCUT2D eigenvalue weighted by Gasteiger charge is -2.24. The minimum Gasteiger partial charge on any atom is -0.444 e. The Morgan fingerprint density at radius 1 is 0.853 bits per heavy atom. The predicted octanol–water partition coefficient (Wildman–Crippen LogP) is 6.49. The zero-order valence-corrected chi connectivity index (χ0v) is 20.6. The fourth-order valence-electron chi connectivity index (χ4n) is 4.04. The molecule has 1 amide bonds. The lowest BCUT2D eigenvalue weighted by Crippen LogP contribution is -2.38. The molecule has 1 unspecified atom stereocenters. The van der Waals surface area contributed by atoms with Crippen molar-refractivity contribution in [1.29, 1.82) is 0 Å². The van der Waals surface area contributed by atoms with Crippen molar-refractivity contribution in [2.45, 2.75) is 38.2 Å². The number of amides is 1. The van der Waals surface area contributed by atoms with Gasteiger partial charge >= 0.3 is 19.9 Å². The molecular weight excluding hydrogens is 447 g/mol. The molecule has 1 N–H and O–H groups in total. The van der Waals surface area contributed by atoms with Crippen molar-refractivity contribution < 1.29 is 18.6 Å². The number of carbonyl (C=O) groups is 1. The van der Waals surface area contributed by atoms with E-state index in [0.29, 0.717) is 0 Å². The number of fused-ring (bicyclic) bond motifs is 3. The van der Waals surface area contributed by atoms with Crippen molar-refractivity contribution in [3.05, 3.63) is 95.6 Å². The summed E-state index contributed by atoms with van der Waals surface area (Å²) in [7, 11) is -0.884. The van der Waals surface area contributed by atoms with Gasteiger partial charge in [0.25, 0.3) is 0 Å². The largest absolute Gasteiger partial charge is 0.537 e. The molecule has 34 heavy (non-hydrogen) atoms. The van der Waals surface area contributed by atoms with Crippen LogP contribution in [0.25, 0.3) is 11.1 Å². The Kier molecular flexibility index (Phi) is 6.92. The van der Waals surface area contributed by atoms with E-state index in [0.717, 1.165) is 33.5 Å². The van der Waals surface area contributed by atoms with E-state index in [9.17, 15) is 9.36 Å². The molecule has 0 heterocycles. The maximum Gasteiger partial charge on any atom is 0.537 e. The highest BCUT2D eigenvalue weighted by Crippen LogP contribution is 2.42. The van der Waals surface area contributed by atoms with Crippen molar-refractivity contribution in [3.63, 3.8) is 0 Å². The Hall–Kier alpha value is -3.34. The maximum atomic E-state index is 13.2. The van der Waals surface area contributed by atoms with Crippen LogP contribution in [-0.4, -0.2) is 30.3 Å². The topological polar surface area (TPSA) is 77.0 Å². The third kappa shape index (κ3) is 5.09. The van der Waals surface area contributed by atoms with Gasteiger partial charge in [0, 0.05) is 11.1 Å². The molecule has 3 aromatic rings. The zero-order chi connectivity index (χ0) is 24.3. The van der Waals surface area contributed by atoms with E-state index in [1.54, 1.807) is 20.8 Å². The molecule has 6 nitrogen and oxygen atoms in total. The van der Waals surface area contributed by atoms with Crippen LogP contribution in [0.2, 0.25) is 0 Å². The van der Waals surface area contributed by atoms with Gasteiger partial charge in [-0.1, -0.05) is 78.9 Å². The summed E-state index contributed by atoms with van der Waals surface area (Å²) in [4.78, 5) is 17.8. The lowest BCUT2D eigenvalue weighted by molar-refractivity contribution is 0.0502. The molecular formula is C27H28N2O4P+. The molecule has 0 spiro atoms. The number of aliphatic imine (C=N–C) groups is 1. The predicted molar refractivity (Wildman–Crippen MR) is 134 cm³/mol. The van der Waals surface area contributed by atoms with Crippen LogP contribution in [0, 0.1) is 0 Å². The van der Waals surface area contributed by atoms with Crippen molar-refractivity contribution in [2.75, 3.05) is 7.11 Å². The summed E-state index contributed by atoms with van der Waals surface area (Å²) >= 11 is 0. The van der Waals surface area contributed by atoms with Gasteiger partial charge in [0.05, 0.1) is 12.8 Å².